The molecule has 2 aromatic heterocycles. The summed E-state index contributed by atoms with van der Waals surface area (Å²) in [5, 5.41) is 9.52. The molecule has 20 heavy (non-hydrogen) atoms. The average molecular weight is 292 g/mol. The van der Waals surface area contributed by atoms with Crippen molar-refractivity contribution in [2.24, 2.45) is 0 Å². The van der Waals surface area contributed by atoms with Gasteiger partial charge in [0.25, 0.3) is 0 Å². The molecule has 2 rings (SSSR count). The van der Waals surface area contributed by atoms with Gasteiger partial charge >= 0.3 is 5.97 Å². The molecule has 0 aromatic carbocycles. The highest BCUT2D eigenvalue weighted by Crippen LogP contribution is 2.22. The van der Waals surface area contributed by atoms with Crippen LogP contribution in [0.15, 0.2) is 36.7 Å². The molecule has 104 valence electrons. The number of aromatic carboxylic acids is 1. The van der Waals surface area contributed by atoms with E-state index in [1.807, 2.05) is 24.0 Å². The van der Waals surface area contributed by atoms with Gasteiger partial charge < -0.3 is 10.0 Å². The zero-order valence-electron chi connectivity index (χ0n) is 11.0. The van der Waals surface area contributed by atoms with Crippen LogP contribution in [0.4, 0.5) is 5.82 Å². The van der Waals surface area contributed by atoms with Gasteiger partial charge in [0.1, 0.15) is 16.5 Å². The number of nitrogens with zero attached hydrogens (tertiary/aromatic N) is 3. The van der Waals surface area contributed by atoms with Gasteiger partial charge in [0, 0.05) is 25.5 Å². The van der Waals surface area contributed by atoms with Gasteiger partial charge in [-0.2, -0.15) is 0 Å². The number of carboxylic acid groups (broad SMARTS) is 1. The predicted molar refractivity (Wildman–Crippen MR) is 77.2 cm³/mol. The van der Waals surface area contributed by atoms with E-state index in [2.05, 4.69) is 9.97 Å². The third kappa shape index (κ3) is 3.24. The van der Waals surface area contributed by atoms with E-state index in [0.717, 1.165) is 5.56 Å². The highest BCUT2D eigenvalue weighted by Gasteiger charge is 2.17. The Labute approximate surface area is 121 Å². The average Bonchev–Trinajstić information content (AvgIpc) is 2.45. The molecular formula is C14H14ClN3O2. The van der Waals surface area contributed by atoms with E-state index in [1.165, 1.54) is 12.1 Å². The monoisotopic (exact) mass is 291 g/mol. The van der Waals surface area contributed by atoms with Crippen molar-refractivity contribution in [3.8, 4) is 0 Å². The molecule has 0 unspecified atom stereocenters. The zero-order valence-corrected chi connectivity index (χ0v) is 11.7. The molecule has 0 saturated carbocycles. The van der Waals surface area contributed by atoms with Crippen molar-refractivity contribution in [1.82, 2.24) is 9.97 Å². The Hall–Kier alpha value is -2.14. The maximum absolute atomic E-state index is 11.3. The fourth-order valence-corrected chi connectivity index (χ4v) is 2.02. The molecule has 0 saturated heterocycles. The molecular weight excluding hydrogens is 278 g/mol. The lowest BCUT2D eigenvalue weighted by atomic mass is 10.2. The summed E-state index contributed by atoms with van der Waals surface area (Å²) >= 11 is 5.88. The van der Waals surface area contributed by atoms with Crippen LogP contribution in [0, 0.1) is 0 Å². The molecule has 5 nitrogen and oxygen atoms in total. The Balaban J connectivity index is 2.36. The van der Waals surface area contributed by atoms with Gasteiger partial charge in [-0.3, -0.25) is 4.98 Å². The molecule has 0 aliphatic rings. The summed E-state index contributed by atoms with van der Waals surface area (Å²) in [6.07, 6.45) is 3.40. The first-order chi connectivity index (χ1) is 9.61. The molecule has 0 aliphatic carbocycles. The molecule has 0 radical (unpaired) electrons. The number of rotatable bonds is 5. The first-order valence-corrected chi connectivity index (χ1v) is 6.53. The number of aromatic nitrogens is 2. The van der Waals surface area contributed by atoms with Crippen LogP contribution in [0.5, 0.6) is 0 Å². The van der Waals surface area contributed by atoms with Crippen LogP contribution in [0.25, 0.3) is 0 Å². The van der Waals surface area contributed by atoms with Gasteiger partial charge in [-0.25, -0.2) is 9.78 Å². The SMILES string of the molecule is CCN(Cc1ccncc1)c1nc(Cl)ccc1C(=O)O. The summed E-state index contributed by atoms with van der Waals surface area (Å²) < 4.78 is 0. The third-order valence-corrected chi connectivity index (χ3v) is 3.09. The second kappa shape index (κ2) is 6.34. The minimum absolute atomic E-state index is 0.144. The van der Waals surface area contributed by atoms with Gasteiger partial charge in [0.2, 0.25) is 0 Å². The van der Waals surface area contributed by atoms with Gasteiger partial charge in [-0.15, -0.1) is 0 Å². The van der Waals surface area contributed by atoms with E-state index >= 15 is 0 Å². The molecule has 0 fully saturated rings. The van der Waals surface area contributed by atoms with Crippen molar-refractivity contribution in [2.45, 2.75) is 13.5 Å². The fraction of sp³-hybridized carbons (Fsp3) is 0.214. The quantitative estimate of drug-likeness (QED) is 0.858. The minimum Gasteiger partial charge on any atom is -0.478 e. The van der Waals surface area contributed by atoms with Crippen molar-refractivity contribution >= 4 is 23.4 Å². The molecule has 0 spiro atoms. The second-order valence-corrected chi connectivity index (χ2v) is 4.57. The maximum atomic E-state index is 11.3. The van der Waals surface area contributed by atoms with Gasteiger partial charge in [0.05, 0.1) is 0 Å². The fourth-order valence-electron chi connectivity index (χ4n) is 1.88. The van der Waals surface area contributed by atoms with E-state index in [9.17, 15) is 9.90 Å². The first kappa shape index (κ1) is 14.3. The predicted octanol–water partition coefficient (Wildman–Crippen LogP) is 2.85. The summed E-state index contributed by atoms with van der Waals surface area (Å²) in [4.78, 5) is 21.3. The van der Waals surface area contributed by atoms with Crippen molar-refractivity contribution in [1.29, 1.82) is 0 Å². The molecule has 2 heterocycles. The van der Waals surface area contributed by atoms with Crippen molar-refractivity contribution in [3.63, 3.8) is 0 Å². The van der Waals surface area contributed by atoms with Crippen molar-refractivity contribution in [3.05, 3.63) is 52.9 Å². The smallest absolute Gasteiger partial charge is 0.339 e. The Morgan fingerprint density at radius 2 is 2.00 bits per heavy atom. The van der Waals surface area contributed by atoms with Crippen LogP contribution in [-0.2, 0) is 6.54 Å². The number of hydrogen-bond acceptors (Lipinski definition) is 4. The van der Waals surface area contributed by atoms with Gasteiger partial charge in [-0.05, 0) is 36.8 Å². The Kier molecular flexibility index (Phi) is 4.53. The molecule has 0 amide bonds. The number of hydrogen-bond donors (Lipinski definition) is 1. The number of carbonyl (C=O) groups is 1. The lowest BCUT2D eigenvalue weighted by Crippen LogP contribution is -2.25. The van der Waals surface area contributed by atoms with Crippen molar-refractivity contribution < 1.29 is 9.90 Å². The topological polar surface area (TPSA) is 66.3 Å². The standard InChI is InChI=1S/C14H14ClN3O2/c1-2-18(9-10-5-7-16-8-6-10)13-11(14(19)20)3-4-12(15)17-13/h3-8H,2,9H2,1H3,(H,19,20). The third-order valence-electron chi connectivity index (χ3n) is 2.88. The molecule has 0 bridgehead atoms. The molecule has 6 heteroatoms. The van der Waals surface area contributed by atoms with Gasteiger partial charge in [0.15, 0.2) is 0 Å². The number of pyridine rings is 2. The summed E-state index contributed by atoms with van der Waals surface area (Å²) in [6.45, 7) is 3.11. The number of halogens is 1. The van der Waals surface area contributed by atoms with Gasteiger partial charge in [-0.1, -0.05) is 11.6 Å². The van der Waals surface area contributed by atoms with E-state index in [4.69, 9.17) is 11.6 Å². The highest BCUT2D eigenvalue weighted by molar-refractivity contribution is 6.29. The Morgan fingerprint density at radius 3 is 2.60 bits per heavy atom. The van der Waals surface area contributed by atoms with Crippen LogP contribution in [-0.4, -0.2) is 27.6 Å². The Bertz CT molecular complexity index is 605. The molecule has 2 aromatic rings. The zero-order chi connectivity index (χ0) is 14.5. The molecule has 0 atom stereocenters. The second-order valence-electron chi connectivity index (χ2n) is 4.18. The number of anilines is 1. The summed E-state index contributed by atoms with van der Waals surface area (Å²) in [6, 6.07) is 6.72. The van der Waals surface area contributed by atoms with Crippen LogP contribution >= 0.6 is 11.6 Å². The van der Waals surface area contributed by atoms with Crippen molar-refractivity contribution in [2.75, 3.05) is 11.4 Å². The lowest BCUT2D eigenvalue weighted by molar-refractivity contribution is 0.0697. The van der Waals surface area contributed by atoms with Crippen LogP contribution in [0.3, 0.4) is 0 Å². The lowest BCUT2D eigenvalue weighted by Gasteiger charge is -2.23. The van der Waals surface area contributed by atoms with Crippen LogP contribution in [0.2, 0.25) is 5.15 Å². The minimum atomic E-state index is -1.02. The molecule has 0 aliphatic heterocycles. The number of carboxylic acids is 1. The Morgan fingerprint density at radius 1 is 1.30 bits per heavy atom. The largest absolute Gasteiger partial charge is 0.478 e. The first-order valence-electron chi connectivity index (χ1n) is 6.15. The maximum Gasteiger partial charge on any atom is 0.339 e. The normalized spacial score (nSPS) is 10.3. The summed E-state index contributed by atoms with van der Waals surface area (Å²) in [7, 11) is 0. The van der Waals surface area contributed by atoms with E-state index in [-0.39, 0.29) is 10.7 Å². The van der Waals surface area contributed by atoms with Crippen LogP contribution in [0.1, 0.15) is 22.8 Å². The van der Waals surface area contributed by atoms with Crippen LogP contribution < -0.4 is 4.90 Å². The van der Waals surface area contributed by atoms with E-state index in [0.29, 0.717) is 18.9 Å². The van der Waals surface area contributed by atoms with E-state index in [1.54, 1.807) is 12.4 Å². The summed E-state index contributed by atoms with van der Waals surface area (Å²) in [5.41, 5.74) is 1.17. The van der Waals surface area contributed by atoms with E-state index < -0.39 is 5.97 Å². The molecule has 1 N–H and O–H groups in total. The summed E-state index contributed by atoms with van der Waals surface area (Å²) in [5.74, 6) is -0.637. The highest BCUT2D eigenvalue weighted by atomic mass is 35.5.